The number of morpholine rings is 1. The number of nitrogens with two attached hydrogens (primary N) is 1. The predicted molar refractivity (Wildman–Crippen MR) is 84.3 cm³/mol. The number of benzene rings is 1. The Morgan fingerprint density at radius 2 is 2.10 bits per heavy atom. The first-order valence-corrected chi connectivity index (χ1v) is 7.51. The average molecular weight is 277 g/mol. The third-order valence-corrected chi connectivity index (χ3v) is 3.80. The third-order valence-electron chi connectivity index (χ3n) is 3.80. The Morgan fingerprint density at radius 1 is 1.35 bits per heavy atom. The van der Waals surface area contributed by atoms with Crippen molar-refractivity contribution in [3.8, 4) is 0 Å². The second kappa shape index (κ2) is 7.62. The molecule has 0 radical (unpaired) electrons. The van der Waals surface area contributed by atoms with Crippen molar-refractivity contribution in [2.75, 3.05) is 51.3 Å². The predicted octanol–water partition coefficient (Wildman–Crippen LogP) is 1.48. The van der Waals surface area contributed by atoms with Gasteiger partial charge in [-0.2, -0.15) is 0 Å². The van der Waals surface area contributed by atoms with Gasteiger partial charge < -0.3 is 20.3 Å². The van der Waals surface area contributed by atoms with Crippen LogP contribution in [-0.4, -0.2) is 57.4 Å². The lowest BCUT2D eigenvalue weighted by molar-refractivity contribution is -0.0147. The van der Waals surface area contributed by atoms with E-state index in [2.05, 4.69) is 48.0 Å². The molecule has 1 aliphatic rings. The molecule has 1 heterocycles. The Kier molecular flexibility index (Phi) is 5.83. The fraction of sp³-hybridized carbons (Fsp3) is 0.625. The molecule has 1 aromatic rings. The summed E-state index contributed by atoms with van der Waals surface area (Å²) in [4.78, 5) is 4.74. The highest BCUT2D eigenvalue weighted by Crippen LogP contribution is 2.17. The monoisotopic (exact) mass is 277 g/mol. The fourth-order valence-corrected chi connectivity index (χ4v) is 2.59. The van der Waals surface area contributed by atoms with Gasteiger partial charge in [-0.15, -0.1) is 0 Å². The number of hydrogen-bond acceptors (Lipinski definition) is 4. The minimum absolute atomic E-state index is 0.285. The summed E-state index contributed by atoms with van der Waals surface area (Å²) in [5, 5.41) is 0. The maximum atomic E-state index is 5.89. The molecular weight excluding hydrogens is 250 g/mol. The number of aryl methyl sites for hydroxylation is 1. The highest BCUT2D eigenvalue weighted by atomic mass is 16.5. The molecule has 0 saturated carbocycles. The van der Waals surface area contributed by atoms with Gasteiger partial charge in [-0.1, -0.05) is 17.7 Å². The normalized spacial score (nSPS) is 20.1. The molecule has 1 fully saturated rings. The van der Waals surface area contributed by atoms with E-state index in [-0.39, 0.29) is 6.10 Å². The van der Waals surface area contributed by atoms with E-state index in [0.717, 1.165) is 45.8 Å². The van der Waals surface area contributed by atoms with E-state index in [0.29, 0.717) is 0 Å². The summed E-state index contributed by atoms with van der Waals surface area (Å²) in [6, 6.07) is 8.72. The van der Waals surface area contributed by atoms with Gasteiger partial charge in [0.1, 0.15) is 0 Å². The Labute approximate surface area is 122 Å². The molecule has 2 N–H and O–H groups in total. The summed E-state index contributed by atoms with van der Waals surface area (Å²) >= 11 is 0. The van der Waals surface area contributed by atoms with Crippen LogP contribution >= 0.6 is 0 Å². The molecule has 112 valence electrons. The van der Waals surface area contributed by atoms with E-state index in [4.69, 9.17) is 10.5 Å². The van der Waals surface area contributed by atoms with Crippen molar-refractivity contribution in [1.29, 1.82) is 0 Å². The quantitative estimate of drug-likeness (QED) is 0.855. The second-order valence-corrected chi connectivity index (χ2v) is 5.68. The van der Waals surface area contributed by atoms with Gasteiger partial charge in [0.2, 0.25) is 0 Å². The molecule has 1 atom stereocenters. The lowest BCUT2D eigenvalue weighted by Gasteiger charge is -2.35. The fourth-order valence-electron chi connectivity index (χ4n) is 2.59. The maximum absolute atomic E-state index is 5.89. The van der Waals surface area contributed by atoms with Gasteiger partial charge in [0.05, 0.1) is 12.7 Å². The summed E-state index contributed by atoms with van der Waals surface area (Å²) in [5.74, 6) is 0. The zero-order valence-corrected chi connectivity index (χ0v) is 12.7. The smallest absolute Gasteiger partial charge is 0.0876 e. The van der Waals surface area contributed by atoms with Gasteiger partial charge in [0, 0.05) is 31.9 Å². The first-order chi connectivity index (χ1) is 9.69. The lowest BCUT2D eigenvalue weighted by Crippen LogP contribution is -2.46. The van der Waals surface area contributed by atoms with Crippen molar-refractivity contribution >= 4 is 5.69 Å². The van der Waals surface area contributed by atoms with Crippen molar-refractivity contribution in [3.05, 3.63) is 29.8 Å². The van der Waals surface area contributed by atoms with Crippen LogP contribution < -0.4 is 10.6 Å². The third kappa shape index (κ3) is 4.47. The Balaban J connectivity index is 2.00. The van der Waals surface area contributed by atoms with Crippen molar-refractivity contribution in [1.82, 2.24) is 4.90 Å². The summed E-state index contributed by atoms with van der Waals surface area (Å²) in [5.41, 5.74) is 8.23. The molecule has 0 amide bonds. The minimum Gasteiger partial charge on any atom is -0.374 e. The molecule has 2 rings (SSSR count). The second-order valence-electron chi connectivity index (χ2n) is 5.68. The van der Waals surface area contributed by atoms with Crippen molar-refractivity contribution in [2.24, 2.45) is 5.73 Å². The number of likely N-dealkylation sites (N-methyl/N-ethyl adjacent to an activating group) is 1. The molecule has 1 unspecified atom stereocenters. The standard InChI is InChI=1S/C16H27N3O/c1-14-4-6-15(7-5-14)19(9-3-8-17)13-16-12-18(2)10-11-20-16/h4-7,16H,3,8-13,17H2,1-2H3. The van der Waals surface area contributed by atoms with Crippen LogP contribution in [0.15, 0.2) is 24.3 Å². The minimum atomic E-state index is 0.285. The van der Waals surface area contributed by atoms with Gasteiger partial charge in [-0.25, -0.2) is 0 Å². The number of ether oxygens (including phenoxy) is 1. The zero-order valence-electron chi connectivity index (χ0n) is 12.7. The van der Waals surface area contributed by atoms with Crippen LogP contribution in [0.2, 0.25) is 0 Å². The largest absolute Gasteiger partial charge is 0.374 e. The van der Waals surface area contributed by atoms with Gasteiger partial charge >= 0.3 is 0 Å². The summed E-state index contributed by atoms with van der Waals surface area (Å²) < 4.78 is 5.89. The van der Waals surface area contributed by atoms with Gasteiger partial charge in [0.15, 0.2) is 0 Å². The Bertz CT molecular complexity index is 393. The molecule has 0 spiro atoms. The van der Waals surface area contributed by atoms with Crippen LogP contribution in [0, 0.1) is 6.92 Å². The molecule has 1 aliphatic heterocycles. The molecular formula is C16H27N3O. The Morgan fingerprint density at radius 3 is 2.75 bits per heavy atom. The number of hydrogen-bond donors (Lipinski definition) is 1. The highest BCUT2D eigenvalue weighted by Gasteiger charge is 2.20. The van der Waals surface area contributed by atoms with Gasteiger partial charge in [0.25, 0.3) is 0 Å². The topological polar surface area (TPSA) is 41.7 Å². The van der Waals surface area contributed by atoms with E-state index in [1.807, 2.05) is 0 Å². The van der Waals surface area contributed by atoms with Crippen LogP contribution in [0.3, 0.4) is 0 Å². The lowest BCUT2D eigenvalue weighted by atomic mass is 10.2. The van der Waals surface area contributed by atoms with Crippen LogP contribution in [0.25, 0.3) is 0 Å². The summed E-state index contributed by atoms with van der Waals surface area (Å²) in [6.07, 6.45) is 1.30. The molecule has 0 bridgehead atoms. The average Bonchev–Trinajstić information content (AvgIpc) is 2.44. The van der Waals surface area contributed by atoms with Crippen LogP contribution in [-0.2, 0) is 4.74 Å². The van der Waals surface area contributed by atoms with E-state index in [1.54, 1.807) is 0 Å². The van der Waals surface area contributed by atoms with Crippen LogP contribution in [0.5, 0.6) is 0 Å². The molecule has 0 aliphatic carbocycles. The van der Waals surface area contributed by atoms with E-state index < -0.39 is 0 Å². The molecule has 0 aromatic heterocycles. The van der Waals surface area contributed by atoms with Crippen LogP contribution in [0.1, 0.15) is 12.0 Å². The zero-order chi connectivity index (χ0) is 14.4. The summed E-state index contributed by atoms with van der Waals surface area (Å²) in [7, 11) is 2.16. The van der Waals surface area contributed by atoms with Gasteiger partial charge in [-0.05, 0) is 39.1 Å². The number of anilines is 1. The molecule has 1 aromatic carbocycles. The number of rotatable bonds is 6. The molecule has 4 heteroatoms. The van der Waals surface area contributed by atoms with Gasteiger partial charge in [-0.3, -0.25) is 0 Å². The number of nitrogens with zero attached hydrogens (tertiary/aromatic N) is 2. The van der Waals surface area contributed by atoms with E-state index >= 15 is 0 Å². The molecule has 4 nitrogen and oxygen atoms in total. The Hall–Kier alpha value is -1.10. The first-order valence-electron chi connectivity index (χ1n) is 7.51. The van der Waals surface area contributed by atoms with Crippen molar-refractivity contribution < 1.29 is 4.74 Å². The van der Waals surface area contributed by atoms with E-state index in [1.165, 1.54) is 11.3 Å². The van der Waals surface area contributed by atoms with Crippen molar-refractivity contribution in [3.63, 3.8) is 0 Å². The van der Waals surface area contributed by atoms with Crippen LogP contribution in [0.4, 0.5) is 5.69 Å². The maximum Gasteiger partial charge on any atom is 0.0876 e. The molecule has 20 heavy (non-hydrogen) atoms. The first kappa shape index (κ1) is 15.3. The van der Waals surface area contributed by atoms with E-state index in [9.17, 15) is 0 Å². The SMILES string of the molecule is Cc1ccc(N(CCCN)CC2CN(C)CCO2)cc1. The van der Waals surface area contributed by atoms with Crippen molar-refractivity contribution in [2.45, 2.75) is 19.4 Å². The highest BCUT2D eigenvalue weighted by molar-refractivity contribution is 5.47. The summed E-state index contributed by atoms with van der Waals surface area (Å²) in [6.45, 7) is 7.64. The molecule has 1 saturated heterocycles.